The van der Waals surface area contributed by atoms with Crippen LogP contribution in [0.4, 0.5) is 0 Å². The van der Waals surface area contributed by atoms with Gasteiger partial charge in [0.2, 0.25) is 0 Å². The first-order valence-electron chi connectivity index (χ1n) is 6.38. The second kappa shape index (κ2) is 4.56. The number of piperidine rings is 1. The van der Waals surface area contributed by atoms with Crippen LogP contribution in [-0.4, -0.2) is 24.2 Å². The Morgan fingerprint density at radius 2 is 1.88 bits per heavy atom. The average Bonchev–Trinajstić information content (AvgIpc) is 2.39. The topological polar surface area (TPSA) is 12.5 Å². The first kappa shape index (κ1) is 10.3. The maximum absolute atomic E-state index is 6.20. The Balaban J connectivity index is 1.71. The number of hydrogen-bond acceptors (Lipinski definition) is 2. The molecule has 0 N–H and O–H groups in total. The second-order valence-corrected chi connectivity index (χ2v) is 4.81. The summed E-state index contributed by atoms with van der Waals surface area (Å²) in [5.41, 5.74) is 1.34. The van der Waals surface area contributed by atoms with Crippen LogP contribution in [-0.2, 0) is 4.74 Å². The van der Waals surface area contributed by atoms with Gasteiger partial charge in [0.1, 0.15) is 6.23 Å². The molecule has 2 heteroatoms. The third kappa shape index (κ3) is 2.00. The Kier molecular flexibility index (Phi) is 2.94. The summed E-state index contributed by atoms with van der Waals surface area (Å²) in [5, 5.41) is 0. The zero-order valence-electron chi connectivity index (χ0n) is 9.64. The highest BCUT2D eigenvalue weighted by molar-refractivity contribution is 5.18. The molecular weight excluding hydrogens is 198 g/mol. The lowest BCUT2D eigenvalue weighted by molar-refractivity contribution is -0.155. The van der Waals surface area contributed by atoms with Gasteiger partial charge in [-0.25, -0.2) is 0 Å². The molecule has 3 rings (SSSR count). The molecule has 0 bridgehead atoms. The highest BCUT2D eigenvalue weighted by Gasteiger charge is 2.31. The Morgan fingerprint density at radius 3 is 2.75 bits per heavy atom. The van der Waals surface area contributed by atoms with Gasteiger partial charge >= 0.3 is 0 Å². The molecule has 0 aliphatic carbocycles. The summed E-state index contributed by atoms with van der Waals surface area (Å²) in [5.74, 6) is 0. The average molecular weight is 217 g/mol. The fraction of sp³-hybridized carbons (Fsp3) is 0.571. The van der Waals surface area contributed by atoms with Crippen molar-refractivity contribution < 1.29 is 4.74 Å². The standard InChI is InChI=1S/C14H19NO/c1-2-6-12(7-3-1)13-9-11-15-10-5-4-8-14(15)16-13/h1-3,6-7,13-14H,4-5,8-11H2/t13-,14-/m0/s1. The van der Waals surface area contributed by atoms with E-state index in [1.165, 1.54) is 37.9 Å². The zero-order valence-corrected chi connectivity index (χ0v) is 9.64. The molecule has 2 heterocycles. The molecule has 2 aliphatic rings. The highest BCUT2D eigenvalue weighted by Crippen LogP contribution is 2.32. The quantitative estimate of drug-likeness (QED) is 0.717. The van der Waals surface area contributed by atoms with E-state index in [1.54, 1.807) is 0 Å². The van der Waals surface area contributed by atoms with Crippen molar-refractivity contribution in [3.63, 3.8) is 0 Å². The van der Waals surface area contributed by atoms with E-state index in [-0.39, 0.29) is 0 Å². The second-order valence-electron chi connectivity index (χ2n) is 4.81. The van der Waals surface area contributed by atoms with Crippen molar-refractivity contribution in [3.05, 3.63) is 35.9 Å². The molecule has 0 amide bonds. The Morgan fingerprint density at radius 1 is 1.00 bits per heavy atom. The van der Waals surface area contributed by atoms with Crippen LogP contribution >= 0.6 is 0 Å². The summed E-state index contributed by atoms with van der Waals surface area (Å²) in [6.45, 7) is 2.43. The lowest BCUT2D eigenvalue weighted by atomic mass is 10.0. The Hall–Kier alpha value is -0.860. The fourth-order valence-corrected chi connectivity index (χ4v) is 2.82. The molecule has 2 fully saturated rings. The Labute approximate surface area is 97.2 Å². The zero-order chi connectivity index (χ0) is 10.8. The van der Waals surface area contributed by atoms with Crippen LogP contribution < -0.4 is 0 Å². The van der Waals surface area contributed by atoms with Crippen molar-refractivity contribution >= 4 is 0 Å². The summed E-state index contributed by atoms with van der Waals surface area (Å²) in [7, 11) is 0. The molecule has 0 saturated carbocycles. The Bertz CT molecular complexity index is 338. The summed E-state index contributed by atoms with van der Waals surface area (Å²) in [6.07, 6.45) is 5.72. The van der Waals surface area contributed by atoms with Gasteiger partial charge in [0.05, 0.1) is 6.10 Å². The van der Waals surface area contributed by atoms with Gasteiger partial charge in [0.15, 0.2) is 0 Å². The normalized spacial score (nSPS) is 31.0. The number of ether oxygens (including phenoxy) is 1. The van der Waals surface area contributed by atoms with Crippen LogP contribution in [0, 0.1) is 0 Å². The van der Waals surface area contributed by atoms with Gasteiger partial charge < -0.3 is 4.74 Å². The van der Waals surface area contributed by atoms with E-state index in [2.05, 4.69) is 35.2 Å². The van der Waals surface area contributed by atoms with Crippen molar-refractivity contribution in [2.24, 2.45) is 0 Å². The molecular formula is C14H19NO. The SMILES string of the molecule is c1ccc([C@@H]2CCN3CCCC[C@@H]3O2)cc1. The lowest BCUT2D eigenvalue weighted by Crippen LogP contribution is -2.46. The summed E-state index contributed by atoms with van der Waals surface area (Å²) in [4.78, 5) is 2.50. The van der Waals surface area contributed by atoms with Gasteiger partial charge in [-0.1, -0.05) is 30.3 Å². The smallest absolute Gasteiger partial charge is 0.111 e. The number of benzene rings is 1. The molecule has 2 nitrogen and oxygen atoms in total. The van der Waals surface area contributed by atoms with E-state index in [0.29, 0.717) is 12.3 Å². The van der Waals surface area contributed by atoms with Gasteiger partial charge in [-0.3, -0.25) is 4.90 Å². The first-order valence-corrected chi connectivity index (χ1v) is 6.38. The van der Waals surface area contributed by atoms with Gasteiger partial charge in [-0.15, -0.1) is 0 Å². The molecule has 1 aromatic rings. The molecule has 86 valence electrons. The maximum Gasteiger partial charge on any atom is 0.111 e. The van der Waals surface area contributed by atoms with Gasteiger partial charge in [0, 0.05) is 13.1 Å². The van der Waals surface area contributed by atoms with Gasteiger partial charge in [-0.2, -0.15) is 0 Å². The third-order valence-corrected chi connectivity index (χ3v) is 3.72. The van der Waals surface area contributed by atoms with Gasteiger partial charge in [0.25, 0.3) is 0 Å². The largest absolute Gasteiger partial charge is 0.355 e. The van der Waals surface area contributed by atoms with Crippen molar-refractivity contribution in [1.82, 2.24) is 4.90 Å². The summed E-state index contributed by atoms with van der Waals surface area (Å²) in [6, 6.07) is 10.6. The van der Waals surface area contributed by atoms with Crippen LogP contribution in [0.25, 0.3) is 0 Å². The van der Waals surface area contributed by atoms with Crippen molar-refractivity contribution in [3.8, 4) is 0 Å². The molecule has 0 spiro atoms. The van der Waals surface area contributed by atoms with E-state index in [0.717, 1.165) is 6.42 Å². The molecule has 0 aromatic heterocycles. The minimum atomic E-state index is 0.320. The third-order valence-electron chi connectivity index (χ3n) is 3.72. The van der Waals surface area contributed by atoms with Crippen LogP contribution in [0.15, 0.2) is 30.3 Å². The molecule has 0 unspecified atom stereocenters. The van der Waals surface area contributed by atoms with Crippen molar-refractivity contribution in [2.75, 3.05) is 13.1 Å². The summed E-state index contributed by atoms with van der Waals surface area (Å²) < 4.78 is 6.20. The van der Waals surface area contributed by atoms with Crippen molar-refractivity contribution in [2.45, 2.75) is 38.0 Å². The molecule has 0 radical (unpaired) electrons. The van der Waals surface area contributed by atoms with E-state index >= 15 is 0 Å². The van der Waals surface area contributed by atoms with Crippen LogP contribution in [0.1, 0.15) is 37.4 Å². The highest BCUT2D eigenvalue weighted by atomic mass is 16.5. The predicted octanol–water partition coefficient (Wildman–Crippen LogP) is 2.96. The minimum Gasteiger partial charge on any atom is -0.355 e. The minimum absolute atomic E-state index is 0.320. The number of rotatable bonds is 1. The monoisotopic (exact) mass is 217 g/mol. The maximum atomic E-state index is 6.20. The first-order chi connectivity index (χ1) is 7.93. The van der Waals surface area contributed by atoms with Crippen molar-refractivity contribution in [1.29, 1.82) is 0 Å². The molecule has 2 aliphatic heterocycles. The molecule has 2 atom stereocenters. The molecule has 16 heavy (non-hydrogen) atoms. The van der Waals surface area contributed by atoms with Gasteiger partial charge in [-0.05, 0) is 31.2 Å². The van der Waals surface area contributed by atoms with E-state index < -0.39 is 0 Å². The lowest BCUT2D eigenvalue weighted by Gasteiger charge is -2.42. The number of nitrogens with zero attached hydrogens (tertiary/aromatic N) is 1. The number of fused-ring (bicyclic) bond motifs is 1. The van der Waals surface area contributed by atoms with E-state index in [4.69, 9.17) is 4.74 Å². The number of hydrogen-bond donors (Lipinski definition) is 0. The molecule has 2 saturated heterocycles. The van der Waals surface area contributed by atoms with Crippen LogP contribution in [0.3, 0.4) is 0 Å². The predicted molar refractivity (Wildman–Crippen MR) is 64.1 cm³/mol. The van der Waals surface area contributed by atoms with Crippen LogP contribution in [0.2, 0.25) is 0 Å². The van der Waals surface area contributed by atoms with Crippen LogP contribution in [0.5, 0.6) is 0 Å². The fourth-order valence-electron chi connectivity index (χ4n) is 2.82. The summed E-state index contributed by atoms with van der Waals surface area (Å²) >= 11 is 0. The van der Waals surface area contributed by atoms with E-state index in [9.17, 15) is 0 Å². The molecule has 1 aromatic carbocycles. The van der Waals surface area contributed by atoms with E-state index in [1.807, 2.05) is 0 Å².